The number of allylic oxidation sites excluding steroid dienone is 1. The van der Waals surface area contributed by atoms with Gasteiger partial charge in [-0.15, -0.1) is 0 Å². The predicted molar refractivity (Wildman–Crippen MR) is 79.3 cm³/mol. The third kappa shape index (κ3) is 2.24. The van der Waals surface area contributed by atoms with Crippen LogP contribution in [0.5, 0.6) is 0 Å². The summed E-state index contributed by atoms with van der Waals surface area (Å²) in [6, 6.07) is 5.04. The normalized spacial score (nSPS) is 21.3. The van der Waals surface area contributed by atoms with Crippen molar-refractivity contribution in [2.45, 2.75) is 32.4 Å². The largest absolute Gasteiger partial charge is 0.322 e. The van der Waals surface area contributed by atoms with Crippen LogP contribution in [0.25, 0.3) is 5.57 Å². The van der Waals surface area contributed by atoms with E-state index < -0.39 is 6.04 Å². The zero-order chi connectivity index (χ0) is 15.1. The first-order valence-electron chi connectivity index (χ1n) is 6.91. The summed E-state index contributed by atoms with van der Waals surface area (Å²) >= 11 is 0. The molecule has 5 nitrogen and oxygen atoms in total. The third-order valence-electron chi connectivity index (χ3n) is 4.02. The molecule has 1 unspecified atom stereocenters. The molecule has 1 aromatic rings. The number of rotatable bonds is 2. The van der Waals surface area contributed by atoms with E-state index in [9.17, 15) is 14.4 Å². The Bertz CT molecular complexity index is 684. The first kappa shape index (κ1) is 13.5. The van der Waals surface area contributed by atoms with Crippen molar-refractivity contribution >= 4 is 23.3 Å². The van der Waals surface area contributed by atoms with Crippen LogP contribution in [0.3, 0.4) is 0 Å². The van der Waals surface area contributed by atoms with E-state index in [0.717, 1.165) is 16.7 Å². The molecule has 2 aliphatic heterocycles. The zero-order valence-corrected chi connectivity index (χ0v) is 11.8. The number of nitrogens with zero attached hydrogens (tertiary/aromatic N) is 1. The zero-order valence-electron chi connectivity index (χ0n) is 11.8. The van der Waals surface area contributed by atoms with Crippen LogP contribution >= 0.6 is 0 Å². The molecule has 5 heteroatoms. The molecule has 0 radical (unpaired) electrons. The van der Waals surface area contributed by atoms with Crippen LogP contribution in [0, 0.1) is 0 Å². The van der Waals surface area contributed by atoms with Gasteiger partial charge in [0.05, 0.1) is 0 Å². The summed E-state index contributed by atoms with van der Waals surface area (Å²) in [6.45, 7) is 6.22. The first-order valence-corrected chi connectivity index (χ1v) is 6.91. The maximum atomic E-state index is 12.4. The molecule has 2 heterocycles. The van der Waals surface area contributed by atoms with E-state index in [1.54, 1.807) is 11.0 Å². The summed E-state index contributed by atoms with van der Waals surface area (Å²) in [6.07, 6.45) is 0.658. The van der Waals surface area contributed by atoms with Crippen molar-refractivity contribution in [1.29, 1.82) is 0 Å². The van der Waals surface area contributed by atoms with Crippen molar-refractivity contribution in [1.82, 2.24) is 10.2 Å². The summed E-state index contributed by atoms with van der Waals surface area (Å²) < 4.78 is 0. The van der Waals surface area contributed by atoms with Crippen LogP contribution in [0.1, 0.15) is 42.7 Å². The van der Waals surface area contributed by atoms with Crippen LogP contribution < -0.4 is 5.32 Å². The SMILES string of the molecule is C=C(C)c1ccc2c(c1)CN(C1CCC(=O)NC1=O)C2=O.[HH]. The van der Waals surface area contributed by atoms with Crippen molar-refractivity contribution in [2.24, 2.45) is 0 Å². The standard InChI is InChI=1S/C16H16N2O3.H2/c1-9(2)10-3-4-12-11(7-10)8-18(16(12)21)13-5-6-14(19)17-15(13)20;/h3-4,7,13H,1,5-6,8H2,2H3,(H,17,19,20);1H. The van der Waals surface area contributed by atoms with Crippen molar-refractivity contribution in [3.63, 3.8) is 0 Å². The Labute approximate surface area is 124 Å². The second-order valence-corrected chi connectivity index (χ2v) is 5.55. The van der Waals surface area contributed by atoms with Crippen molar-refractivity contribution < 1.29 is 15.8 Å². The summed E-state index contributed by atoms with van der Waals surface area (Å²) in [5.74, 6) is -0.801. The molecule has 0 spiro atoms. The molecular weight excluding hydrogens is 268 g/mol. The molecule has 0 aliphatic carbocycles. The summed E-state index contributed by atoms with van der Waals surface area (Å²) in [7, 11) is 0. The van der Waals surface area contributed by atoms with Gasteiger partial charge >= 0.3 is 0 Å². The van der Waals surface area contributed by atoms with Gasteiger partial charge in [0.15, 0.2) is 0 Å². The van der Waals surface area contributed by atoms with Gasteiger partial charge in [-0.1, -0.05) is 18.2 Å². The van der Waals surface area contributed by atoms with Gasteiger partial charge in [0, 0.05) is 20.0 Å². The average molecular weight is 286 g/mol. The highest BCUT2D eigenvalue weighted by Gasteiger charge is 2.38. The first-order chi connectivity index (χ1) is 9.97. The van der Waals surface area contributed by atoms with E-state index in [2.05, 4.69) is 11.9 Å². The lowest BCUT2D eigenvalue weighted by Crippen LogP contribution is -2.52. The molecule has 1 saturated heterocycles. The van der Waals surface area contributed by atoms with E-state index in [1.807, 2.05) is 19.1 Å². The molecule has 1 N–H and O–H groups in total. The Morgan fingerprint density at radius 3 is 2.81 bits per heavy atom. The van der Waals surface area contributed by atoms with E-state index in [0.29, 0.717) is 18.5 Å². The van der Waals surface area contributed by atoms with Crippen LogP contribution in [-0.4, -0.2) is 28.7 Å². The maximum Gasteiger partial charge on any atom is 0.255 e. The van der Waals surface area contributed by atoms with E-state index in [1.165, 1.54) is 0 Å². The molecule has 1 fully saturated rings. The van der Waals surface area contributed by atoms with Gasteiger partial charge in [0.25, 0.3) is 5.91 Å². The fourth-order valence-electron chi connectivity index (χ4n) is 2.84. The number of fused-ring (bicyclic) bond motifs is 1. The van der Waals surface area contributed by atoms with Crippen molar-refractivity contribution in [3.8, 4) is 0 Å². The Hall–Kier alpha value is -2.43. The molecule has 0 aromatic heterocycles. The second-order valence-electron chi connectivity index (χ2n) is 5.55. The number of amides is 3. The monoisotopic (exact) mass is 286 g/mol. The minimum atomic E-state index is -0.559. The smallest absolute Gasteiger partial charge is 0.255 e. The van der Waals surface area contributed by atoms with Gasteiger partial charge in [-0.25, -0.2) is 0 Å². The maximum absolute atomic E-state index is 12.4. The molecular formula is C16H18N2O3. The lowest BCUT2D eigenvalue weighted by molar-refractivity contribution is -0.136. The lowest BCUT2D eigenvalue weighted by atomic mass is 10.0. The van der Waals surface area contributed by atoms with Crippen LogP contribution in [0.2, 0.25) is 0 Å². The second kappa shape index (κ2) is 4.84. The molecule has 3 rings (SSSR count). The van der Waals surface area contributed by atoms with Crippen molar-refractivity contribution in [3.05, 3.63) is 41.5 Å². The molecule has 0 saturated carbocycles. The van der Waals surface area contributed by atoms with E-state index in [4.69, 9.17) is 0 Å². The van der Waals surface area contributed by atoms with Crippen molar-refractivity contribution in [2.75, 3.05) is 0 Å². The number of benzene rings is 1. The summed E-state index contributed by atoms with van der Waals surface area (Å²) in [4.78, 5) is 37.1. The van der Waals surface area contributed by atoms with E-state index in [-0.39, 0.29) is 25.6 Å². The number of imide groups is 1. The molecule has 1 atom stereocenters. The van der Waals surface area contributed by atoms with Crippen LogP contribution in [0.4, 0.5) is 0 Å². The average Bonchev–Trinajstić information content (AvgIpc) is 2.75. The lowest BCUT2D eigenvalue weighted by Gasteiger charge is -2.29. The van der Waals surface area contributed by atoms with Gasteiger partial charge in [0.2, 0.25) is 11.8 Å². The molecule has 110 valence electrons. The summed E-state index contributed by atoms with van der Waals surface area (Å²) in [5.41, 5.74) is 3.46. The summed E-state index contributed by atoms with van der Waals surface area (Å²) in [5, 5.41) is 2.30. The van der Waals surface area contributed by atoms with E-state index >= 15 is 0 Å². The van der Waals surface area contributed by atoms with Gasteiger partial charge in [-0.2, -0.15) is 0 Å². The van der Waals surface area contributed by atoms with Gasteiger partial charge in [-0.05, 0) is 36.6 Å². The van der Waals surface area contributed by atoms with Gasteiger partial charge < -0.3 is 4.90 Å². The number of carbonyl (C=O) groups excluding carboxylic acids is 3. The predicted octanol–water partition coefficient (Wildman–Crippen LogP) is 1.73. The van der Waals surface area contributed by atoms with Crippen LogP contribution in [-0.2, 0) is 16.1 Å². The number of nitrogens with one attached hydrogen (secondary N) is 1. The quantitative estimate of drug-likeness (QED) is 0.842. The topological polar surface area (TPSA) is 66.5 Å². The third-order valence-corrected chi connectivity index (χ3v) is 4.02. The number of piperidine rings is 1. The number of carbonyl (C=O) groups is 3. The fourth-order valence-corrected chi connectivity index (χ4v) is 2.84. The Balaban J connectivity index is 0.00000176. The minimum Gasteiger partial charge on any atom is -0.322 e. The minimum absolute atomic E-state index is 0. The molecule has 3 amide bonds. The fraction of sp³-hybridized carbons (Fsp3) is 0.312. The molecule has 1 aromatic carbocycles. The molecule has 2 aliphatic rings. The molecule has 0 bridgehead atoms. The molecule has 21 heavy (non-hydrogen) atoms. The number of hydrogen-bond acceptors (Lipinski definition) is 3. The Morgan fingerprint density at radius 2 is 2.14 bits per heavy atom. The van der Waals surface area contributed by atoms with Gasteiger partial charge in [-0.3, -0.25) is 19.7 Å². The van der Waals surface area contributed by atoms with Gasteiger partial charge in [0.1, 0.15) is 6.04 Å². The highest BCUT2D eigenvalue weighted by atomic mass is 16.2. The Morgan fingerprint density at radius 1 is 1.38 bits per heavy atom. The Kier molecular flexibility index (Phi) is 3.12. The van der Waals surface area contributed by atoms with Crippen LogP contribution in [0.15, 0.2) is 24.8 Å². The highest BCUT2D eigenvalue weighted by molar-refractivity contribution is 6.05. The number of hydrogen-bond donors (Lipinski definition) is 1. The highest BCUT2D eigenvalue weighted by Crippen LogP contribution is 2.29.